The summed E-state index contributed by atoms with van der Waals surface area (Å²) in [4.78, 5) is 5.09. The van der Waals surface area contributed by atoms with Gasteiger partial charge in [0, 0.05) is 18.8 Å². The Hall–Kier alpha value is -1.06. The van der Waals surface area contributed by atoms with Crippen LogP contribution >= 0.6 is 0 Å². The van der Waals surface area contributed by atoms with Crippen molar-refractivity contribution in [3.63, 3.8) is 0 Å². The van der Waals surface area contributed by atoms with Crippen molar-refractivity contribution in [3.8, 4) is 0 Å². The zero-order chi connectivity index (χ0) is 14.2. The minimum atomic E-state index is 0.772. The van der Waals surface area contributed by atoms with Crippen molar-refractivity contribution in [2.45, 2.75) is 32.6 Å². The summed E-state index contributed by atoms with van der Waals surface area (Å²) in [7, 11) is 0. The summed E-state index contributed by atoms with van der Waals surface area (Å²) in [5.74, 6) is 0. The van der Waals surface area contributed by atoms with Gasteiger partial charge in [0.1, 0.15) is 0 Å². The van der Waals surface area contributed by atoms with Gasteiger partial charge in [0.15, 0.2) is 0 Å². The molecule has 1 aromatic rings. The maximum atomic E-state index is 5.68. The van der Waals surface area contributed by atoms with Crippen LogP contribution in [0.15, 0.2) is 24.3 Å². The number of benzene rings is 1. The van der Waals surface area contributed by atoms with Crippen LogP contribution in [0.1, 0.15) is 31.2 Å². The maximum Gasteiger partial charge on any atom is 0.0368 e. The quantitative estimate of drug-likeness (QED) is 0.791. The van der Waals surface area contributed by atoms with E-state index in [0.717, 1.165) is 26.1 Å². The molecule has 2 N–H and O–H groups in total. The van der Waals surface area contributed by atoms with Crippen molar-refractivity contribution in [3.05, 3.63) is 29.8 Å². The fraction of sp³-hybridized carbons (Fsp3) is 0.647. The van der Waals surface area contributed by atoms with Gasteiger partial charge in [-0.05, 0) is 76.5 Å². The van der Waals surface area contributed by atoms with Crippen molar-refractivity contribution in [1.29, 1.82) is 0 Å². The van der Waals surface area contributed by atoms with E-state index in [0.29, 0.717) is 0 Å². The molecule has 20 heavy (non-hydrogen) atoms. The Balaban J connectivity index is 1.85. The first kappa shape index (κ1) is 15.3. The molecule has 1 fully saturated rings. The van der Waals surface area contributed by atoms with Gasteiger partial charge < -0.3 is 15.5 Å². The lowest BCUT2D eigenvalue weighted by molar-refractivity contribution is 0.334. The standard InChI is InChI=1S/C17H29N3/c1-16-7-4-8-17(15-16)20(13-5-9-18)14-6-12-19-10-2-3-11-19/h4,7-8,15H,2-3,5-6,9-14,18H2,1H3. The Morgan fingerprint density at radius 1 is 1.15 bits per heavy atom. The molecule has 1 aliphatic rings. The Bertz CT molecular complexity index is 386. The highest BCUT2D eigenvalue weighted by molar-refractivity contribution is 5.48. The number of hydrogen-bond acceptors (Lipinski definition) is 3. The number of rotatable bonds is 8. The molecular formula is C17H29N3. The van der Waals surface area contributed by atoms with Gasteiger partial charge in [0.2, 0.25) is 0 Å². The third-order valence-electron chi connectivity index (χ3n) is 4.10. The zero-order valence-corrected chi connectivity index (χ0v) is 12.9. The van der Waals surface area contributed by atoms with Gasteiger partial charge in [-0.15, -0.1) is 0 Å². The average molecular weight is 275 g/mol. The van der Waals surface area contributed by atoms with Gasteiger partial charge in [0.05, 0.1) is 0 Å². The molecule has 112 valence electrons. The van der Waals surface area contributed by atoms with Crippen LogP contribution in [0.4, 0.5) is 5.69 Å². The van der Waals surface area contributed by atoms with Crippen molar-refractivity contribution in [1.82, 2.24) is 4.90 Å². The lowest BCUT2D eigenvalue weighted by Gasteiger charge is -2.26. The molecule has 3 heteroatoms. The van der Waals surface area contributed by atoms with Gasteiger partial charge in [-0.2, -0.15) is 0 Å². The van der Waals surface area contributed by atoms with Crippen LogP contribution in [0.2, 0.25) is 0 Å². The first-order valence-corrected chi connectivity index (χ1v) is 8.03. The third kappa shape index (κ3) is 4.80. The molecule has 0 radical (unpaired) electrons. The fourth-order valence-corrected chi connectivity index (χ4v) is 2.97. The summed E-state index contributed by atoms with van der Waals surface area (Å²) in [5.41, 5.74) is 8.36. The minimum Gasteiger partial charge on any atom is -0.371 e. The molecule has 1 saturated heterocycles. The molecule has 0 saturated carbocycles. The van der Waals surface area contributed by atoms with Crippen molar-refractivity contribution in [2.24, 2.45) is 5.73 Å². The predicted octanol–water partition coefficient (Wildman–Crippen LogP) is 2.64. The number of aryl methyl sites for hydroxylation is 1. The van der Waals surface area contributed by atoms with E-state index in [2.05, 4.69) is 41.0 Å². The van der Waals surface area contributed by atoms with Crippen LogP contribution in [0.25, 0.3) is 0 Å². The van der Waals surface area contributed by atoms with E-state index in [-0.39, 0.29) is 0 Å². The van der Waals surface area contributed by atoms with Gasteiger partial charge in [0.25, 0.3) is 0 Å². The molecule has 0 unspecified atom stereocenters. The van der Waals surface area contributed by atoms with Gasteiger partial charge in [-0.25, -0.2) is 0 Å². The number of nitrogens with two attached hydrogens (primary N) is 1. The van der Waals surface area contributed by atoms with Crippen LogP contribution in [-0.4, -0.2) is 44.2 Å². The van der Waals surface area contributed by atoms with Gasteiger partial charge >= 0.3 is 0 Å². The largest absolute Gasteiger partial charge is 0.371 e. The molecule has 1 heterocycles. The second-order valence-corrected chi connectivity index (χ2v) is 5.87. The Labute approximate surface area is 123 Å². The molecule has 0 atom stereocenters. The van der Waals surface area contributed by atoms with Crippen LogP contribution in [-0.2, 0) is 0 Å². The number of likely N-dealkylation sites (tertiary alicyclic amines) is 1. The van der Waals surface area contributed by atoms with E-state index < -0.39 is 0 Å². The van der Waals surface area contributed by atoms with E-state index in [1.807, 2.05) is 0 Å². The first-order valence-electron chi connectivity index (χ1n) is 8.03. The van der Waals surface area contributed by atoms with E-state index in [9.17, 15) is 0 Å². The monoisotopic (exact) mass is 275 g/mol. The van der Waals surface area contributed by atoms with Crippen LogP contribution in [0, 0.1) is 6.92 Å². The summed E-state index contributed by atoms with van der Waals surface area (Å²) in [5, 5.41) is 0. The van der Waals surface area contributed by atoms with Crippen LogP contribution < -0.4 is 10.6 Å². The molecule has 0 aliphatic carbocycles. The summed E-state index contributed by atoms with van der Waals surface area (Å²) < 4.78 is 0. The van der Waals surface area contributed by atoms with Gasteiger partial charge in [-0.3, -0.25) is 0 Å². The highest BCUT2D eigenvalue weighted by Crippen LogP contribution is 2.17. The molecular weight excluding hydrogens is 246 g/mol. The molecule has 0 aromatic heterocycles. The van der Waals surface area contributed by atoms with Gasteiger partial charge in [-0.1, -0.05) is 12.1 Å². The van der Waals surface area contributed by atoms with E-state index in [1.54, 1.807) is 0 Å². The Morgan fingerprint density at radius 2 is 1.90 bits per heavy atom. The molecule has 0 spiro atoms. The molecule has 0 bridgehead atoms. The molecule has 1 aliphatic heterocycles. The van der Waals surface area contributed by atoms with Crippen LogP contribution in [0.5, 0.6) is 0 Å². The summed E-state index contributed by atoms with van der Waals surface area (Å²) in [6, 6.07) is 8.82. The molecule has 2 rings (SSSR count). The summed E-state index contributed by atoms with van der Waals surface area (Å²) in [6.45, 7) is 8.98. The topological polar surface area (TPSA) is 32.5 Å². The van der Waals surface area contributed by atoms with Crippen LogP contribution in [0.3, 0.4) is 0 Å². The Kier molecular flexibility index (Phi) is 6.34. The molecule has 0 amide bonds. The third-order valence-corrected chi connectivity index (χ3v) is 4.10. The number of anilines is 1. The SMILES string of the molecule is Cc1cccc(N(CCCN)CCCN2CCCC2)c1. The summed E-state index contributed by atoms with van der Waals surface area (Å²) in [6.07, 6.45) is 5.08. The normalized spacial score (nSPS) is 15.7. The minimum absolute atomic E-state index is 0.772. The smallest absolute Gasteiger partial charge is 0.0368 e. The lowest BCUT2D eigenvalue weighted by atomic mass is 10.2. The van der Waals surface area contributed by atoms with E-state index in [4.69, 9.17) is 5.73 Å². The molecule has 3 nitrogen and oxygen atoms in total. The second kappa shape index (κ2) is 8.28. The number of hydrogen-bond donors (Lipinski definition) is 1. The van der Waals surface area contributed by atoms with Crippen molar-refractivity contribution >= 4 is 5.69 Å². The highest BCUT2D eigenvalue weighted by atomic mass is 15.2. The maximum absolute atomic E-state index is 5.68. The lowest BCUT2D eigenvalue weighted by Crippen LogP contribution is -2.30. The Morgan fingerprint density at radius 3 is 2.60 bits per heavy atom. The fourth-order valence-electron chi connectivity index (χ4n) is 2.97. The second-order valence-electron chi connectivity index (χ2n) is 5.87. The number of nitrogens with zero attached hydrogens (tertiary/aromatic N) is 2. The van der Waals surface area contributed by atoms with E-state index in [1.165, 1.54) is 50.1 Å². The summed E-state index contributed by atoms with van der Waals surface area (Å²) >= 11 is 0. The van der Waals surface area contributed by atoms with Crippen molar-refractivity contribution in [2.75, 3.05) is 44.2 Å². The predicted molar refractivity (Wildman–Crippen MR) is 87.4 cm³/mol. The first-order chi connectivity index (χ1) is 9.79. The van der Waals surface area contributed by atoms with E-state index >= 15 is 0 Å². The van der Waals surface area contributed by atoms with Crippen molar-refractivity contribution < 1.29 is 0 Å². The average Bonchev–Trinajstić information content (AvgIpc) is 2.96. The highest BCUT2D eigenvalue weighted by Gasteiger charge is 2.12. The molecule has 1 aromatic carbocycles. The zero-order valence-electron chi connectivity index (χ0n) is 12.9.